The Bertz CT molecular complexity index is 748. The maximum absolute atomic E-state index is 12.0. The molecule has 2 amide bonds. The number of carbonyl (C=O) groups excluding carboxylic acids is 2. The molecule has 2 rings (SSSR count). The van der Waals surface area contributed by atoms with Crippen molar-refractivity contribution in [2.45, 2.75) is 6.92 Å². The van der Waals surface area contributed by atoms with Crippen LogP contribution in [-0.2, 0) is 4.79 Å². The van der Waals surface area contributed by atoms with Crippen LogP contribution in [0.25, 0.3) is 0 Å². The van der Waals surface area contributed by atoms with Crippen LogP contribution in [0.5, 0.6) is 0 Å². The molecular formula is C17H15N3O2. The molecule has 22 heavy (non-hydrogen) atoms. The van der Waals surface area contributed by atoms with Gasteiger partial charge in [0.15, 0.2) is 0 Å². The van der Waals surface area contributed by atoms with E-state index in [1.54, 1.807) is 36.4 Å². The summed E-state index contributed by atoms with van der Waals surface area (Å²) in [7, 11) is 0. The van der Waals surface area contributed by atoms with E-state index in [2.05, 4.69) is 10.6 Å². The molecule has 0 saturated carbocycles. The number of nitrogens with one attached hydrogen (secondary N) is 2. The number of benzene rings is 2. The minimum atomic E-state index is -0.385. The second kappa shape index (κ2) is 7.04. The Morgan fingerprint density at radius 3 is 2.50 bits per heavy atom. The van der Waals surface area contributed by atoms with Crippen LogP contribution in [0.3, 0.4) is 0 Å². The Balaban J connectivity index is 1.95. The van der Waals surface area contributed by atoms with E-state index < -0.39 is 0 Å². The van der Waals surface area contributed by atoms with E-state index in [0.29, 0.717) is 16.8 Å². The van der Waals surface area contributed by atoms with Crippen molar-refractivity contribution < 1.29 is 9.59 Å². The molecule has 0 unspecified atom stereocenters. The van der Waals surface area contributed by atoms with Gasteiger partial charge in [0.1, 0.15) is 6.07 Å². The van der Waals surface area contributed by atoms with E-state index in [1.165, 1.54) is 0 Å². The number of carbonyl (C=O) groups is 2. The lowest BCUT2D eigenvalue weighted by molar-refractivity contribution is -0.115. The molecule has 2 N–H and O–H groups in total. The predicted octanol–water partition coefficient (Wildman–Crippen LogP) is 2.24. The summed E-state index contributed by atoms with van der Waals surface area (Å²) in [6.07, 6.45) is 0. The number of amides is 2. The molecule has 0 radical (unpaired) electrons. The zero-order valence-electron chi connectivity index (χ0n) is 12.1. The number of anilines is 1. The van der Waals surface area contributed by atoms with Crippen LogP contribution in [0.2, 0.25) is 0 Å². The summed E-state index contributed by atoms with van der Waals surface area (Å²) in [6.45, 7) is 1.67. The summed E-state index contributed by atoms with van der Waals surface area (Å²) < 4.78 is 0. The third-order valence-corrected chi connectivity index (χ3v) is 3.12. The van der Waals surface area contributed by atoms with Crippen molar-refractivity contribution in [2.75, 3.05) is 11.9 Å². The van der Waals surface area contributed by atoms with Gasteiger partial charge < -0.3 is 10.6 Å². The van der Waals surface area contributed by atoms with Crippen LogP contribution in [0.15, 0.2) is 48.5 Å². The molecule has 0 aromatic heterocycles. The van der Waals surface area contributed by atoms with Crippen molar-refractivity contribution in [3.8, 4) is 6.07 Å². The zero-order chi connectivity index (χ0) is 15.9. The standard InChI is InChI=1S/C17H15N3O2/c1-12-6-2-4-8-14(12)17(22)19-11-16(21)20-15-9-5-3-7-13(15)10-18/h2-9H,11H2,1H3,(H,19,22)(H,20,21). The molecular weight excluding hydrogens is 278 g/mol. The van der Waals surface area contributed by atoms with Crippen molar-refractivity contribution in [3.05, 3.63) is 65.2 Å². The number of aryl methyl sites for hydroxylation is 1. The average molecular weight is 293 g/mol. The largest absolute Gasteiger partial charge is 0.343 e. The molecule has 0 atom stereocenters. The summed E-state index contributed by atoms with van der Waals surface area (Å²) in [5.41, 5.74) is 2.18. The number of para-hydroxylation sites is 1. The van der Waals surface area contributed by atoms with Crippen molar-refractivity contribution >= 4 is 17.5 Å². The van der Waals surface area contributed by atoms with E-state index >= 15 is 0 Å². The van der Waals surface area contributed by atoms with Gasteiger partial charge in [0.05, 0.1) is 17.8 Å². The number of hydrogen-bond acceptors (Lipinski definition) is 3. The predicted molar refractivity (Wildman–Crippen MR) is 83.3 cm³/mol. The lowest BCUT2D eigenvalue weighted by Crippen LogP contribution is -2.33. The van der Waals surface area contributed by atoms with Crippen LogP contribution < -0.4 is 10.6 Å². The van der Waals surface area contributed by atoms with Crippen molar-refractivity contribution in [3.63, 3.8) is 0 Å². The maximum atomic E-state index is 12.0. The van der Waals surface area contributed by atoms with Crippen LogP contribution in [0, 0.1) is 18.3 Å². The fraction of sp³-hybridized carbons (Fsp3) is 0.118. The summed E-state index contributed by atoms with van der Waals surface area (Å²) in [6, 6.07) is 15.8. The highest BCUT2D eigenvalue weighted by Gasteiger charge is 2.11. The molecule has 0 heterocycles. The van der Waals surface area contributed by atoms with Gasteiger partial charge in [-0.05, 0) is 30.7 Å². The van der Waals surface area contributed by atoms with Gasteiger partial charge in [-0.3, -0.25) is 9.59 Å². The Kier molecular flexibility index (Phi) is 4.89. The van der Waals surface area contributed by atoms with Crippen LogP contribution in [0.4, 0.5) is 5.69 Å². The van der Waals surface area contributed by atoms with Crippen molar-refractivity contribution in [1.29, 1.82) is 5.26 Å². The molecule has 2 aromatic carbocycles. The van der Waals surface area contributed by atoms with Gasteiger partial charge in [0.25, 0.3) is 5.91 Å². The SMILES string of the molecule is Cc1ccccc1C(=O)NCC(=O)Nc1ccccc1C#N. The summed E-state index contributed by atoms with van der Waals surface area (Å²) in [5, 5.41) is 14.1. The lowest BCUT2D eigenvalue weighted by Gasteiger charge is -2.09. The molecule has 5 nitrogen and oxygen atoms in total. The van der Waals surface area contributed by atoms with Gasteiger partial charge in [-0.15, -0.1) is 0 Å². The van der Waals surface area contributed by atoms with Crippen molar-refractivity contribution in [2.24, 2.45) is 0 Å². The quantitative estimate of drug-likeness (QED) is 0.907. The minimum Gasteiger partial charge on any atom is -0.343 e. The molecule has 110 valence electrons. The highest BCUT2D eigenvalue weighted by molar-refractivity contribution is 6.00. The third-order valence-electron chi connectivity index (χ3n) is 3.12. The third kappa shape index (κ3) is 3.70. The van der Waals surface area contributed by atoms with Gasteiger partial charge in [0.2, 0.25) is 5.91 Å². The van der Waals surface area contributed by atoms with E-state index in [-0.39, 0.29) is 18.4 Å². The van der Waals surface area contributed by atoms with Crippen LogP contribution >= 0.6 is 0 Å². The normalized spacial score (nSPS) is 9.64. The Hall–Kier alpha value is -3.13. The first-order valence-electron chi connectivity index (χ1n) is 6.74. The second-order valence-corrected chi connectivity index (χ2v) is 4.70. The topological polar surface area (TPSA) is 82.0 Å². The van der Waals surface area contributed by atoms with E-state index in [0.717, 1.165) is 5.56 Å². The summed E-state index contributed by atoms with van der Waals surface area (Å²) >= 11 is 0. The van der Waals surface area contributed by atoms with Gasteiger partial charge in [-0.2, -0.15) is 5.26 Å². The number of nitriles is 1. The highest BCUT2D eigenvalue weighted by Crippen LogP contribution is 2.13. The van der Waals surface area contributed by atoms with E-state index in [4.69, 9.17) is 5.26 Å². The monoisotopic (exact) mass is 293 g/mol. The first-order valence-corrected chi connectivity index (χ1v) is 6.74. The van der Waals surface area contributed by atoms with Gasteiger partial charge in [-0.25, -0.2) is 0 Å². The molecule has 0 saturated heterocycles. The Morgan fingerprint density at radius 1 is 1.09 bits per heavy atom. The summed E-state index contributed by atoms with van der Waals surface area (Å²) in [4.78, 5) is 23.9. The molecule has 0 bridgehead atoms. The minimum absolute atomic E-state index is 0.160. The Labute approximate surface area is 128 Å². The molecule has 0 fully saturated rings. The van der Waals surface area contributed by atoms with E-state index in [9.17, 15) is 9.59 Å². The van der Waals surface area contributed by atoms with E-state index in [1.807, 2.05) is 25.1 Å². The second-order valence-electron chi connectivity index (χ2n) is 4.70. The van der Waals surface area contributed by atoms with Gasteiger partial charge >= 0.3 is 0 Å². The molecule has 0 spiro atoms. The molecule has 0 aliphatic carbocycles. The molecule has 2 aromatic rings. The first-order chi connectivity index (χ1) is 10.6. The smallest absolute Gasteiger partial charge is 0.251 e. The van der Waals surface area contributed by atoms with Gasteiger partial charge in [-0.1, -0.05) is 30.3 Å². The molecule has 5 heteroatoms. The maximum Gasteiger partial charge on any atom is 0.251 e. The first kappa shape index (κ1) is 15.3. The highest BCUT2D eigenvalue weighted by atomic mass is 16.2. The average Bonchev–Trinajstić information content (AvgIpc) is 2.53. The number of nitrogens with zero attached hydrogens (tertiary/aromatic N) is 1. The number of rotatable bonds is 4. The summed E-state index contributed by atoms with van der Waals surface area (Å²) in [5.74, 6) is -0.688. The van der Waals surface area contributed by atoms with Crippen molar-refractivity contribution in [1.82, 2.24) is 5.32 Å². The molecule has 0 aliphatic rings. The number of hydrogen-bond donors (Lipinski definition) is 2. The zero-order valence-corrected chi connectivity index (χ0v) is 12.1. The fourth-order valence-corrected chi connectivity index (χ4v) is 1.97. The Morgan fingerprint density at radius 2 is 1.77 bits per heavy atom. The lowest BCUT2D eigenvalue weighted by atomic mass is 10.1. The van der Waals surface area contributed by atoms with Crippen LogP contribution in [-0.4, -0.2) is 18.4 Å². The molecule has 0 aliphatic heterocycles. The van der Waals surface area contributed by atoms with Crippen LogP contribution in [0.1, 0.15) is 21.5 Å². The van der Waals surface area contributed by atoms with Gasteiger partial charge in [0, 0.05) is 5.56 Å². The fourth-order valence-electron chi connectivity index (χ4n) is 1.97.